The highest BCUT2D eigenvalue weighted by molar-refractivity contribution is 6.43. The third-order valence-electron chi connectivity index (χ3n) is 1.82. The van der Waals surface area contributed by atoms with Crippen LogP contribution < -0.4 is 0 Å². The molecule has 0 aliphatic carbocycles. The third kappa shape index (κ3) is 4.68. The Balaban J connectivity index is 0.000000671. The van der Waals surface area contributed by atoms with Gasteiger partial charge in [0.1, 0.15) is 0 Å². The Morgan fingerprint density at radius 3 is 1.46 bits per heavy atom. The van der Waals surface area contributed by atoms with Gasteiger partial charge in [0.15, 0.2) is 0 Å². The van der Waals surface area contributed by atoms with Crippen LogP contribution in [0.2, 0.25) is 6.82 Å². The minimum Gasteiger partial charge on any atom is -0.406 e. The second kappa shape index (κ2) is 4.47. The summed E-state index contributed by atoms with van der Waals surface area (Å²) in [6.45, 7) is 14.4. The summed E-state index contributed by atoms with van der Waals surface area (Å²) < 4.78 is 11.2. The highest BCUT2D eigenvalue weighted by atomic mass is 16.6. The van der Waals surface area contributed by atoms with Crippen LogP contribution in [0.15, 0.2) is 0 Å². The van der Waals surface area contributed by atoms with Gasteiger partial charge in [-0.2, -0.15) is 0 Å². The first-order chi connectivity index (χ1) is 5.81. The van der Waals surface area contributed by atoms with Gasteiger partial charge >= 0.3 is 7.12 Å². The Kier molecular flexibility index (Phi) is 4.47. The summed E-state index contributed by atoms with van der Waals surface area (Å²) in [6.07, 6.45) is 0.949. The fourth-order valence-corrected chi connectivity index (χ4v) is 2.03. The Labute approximate surface area is 83.1 Å². The van der Waals surface area contributed by atoms with Crippen LogP contribution in [-0.2, 0) is 9.31 Å². The highest BCUT2D eigenvalue weighted by Gasteiger charge is 2.39. The Bertz CT molecular complexity index is 139. The van der Waals surface area contributed by atoms with Crippen LogP contribution in [0.4, 0.5) is 0 Å². The molecule has 1 heterocycles. The lowest BCUT2D eigenvalue weighted by Gasteiger charge is -2.43. The lowest BCUT2D eigenvalue weighted by Crippen LogP contribution is -2.50. The maximum atomic E-state index is 5.59. The van der Waals surface area contributed by atoms with E-state index in [4.69, 9.17) is 9.31 Å². The van der Waals surface area contributed by atoms with Crippen LogP contribution in [0, 0.1) is 0 Å². The van der Waals surface area contributed by atoms with Crippen molar-refractivity contribution in [1.82, 2.24) is 0 Å². The zero-order valence-corrected chi connectivity index (χ0v) is 10.1. The van der Waals surface area contributed by atoms with Crippen LogP contribution in [-0.4, -0.2) is 18.3 Å². The van der Waals surface area contributed by atoms with Crippen LogP contribution in [0.5, 0.6) is 0 Å². The van der Waals surface area contributed by atoms with E-state index in [-0.39, 0.29) is 18.3 Å². The van der Waals surface area contributed by atoms with E-state index in [1.54, 1.807) is 0 Å². The van der Waals surface area contributed by atoms with Crippen molar-refractivity contribution in [3.63, 3.8) is 0 Å². The van der Waals surface area contributed by atoms with Gasteiger partial charge in [0, 0.05) is 6.42 Å². The molecule has 1 saturated heterocycles. The number of hydrogen-bond donors (Lipinski definition) is 0. The zero-order valence-electron chi connectivity index (χ0n) is 10.1. The predicted molar refractivity (Wildman–Crippen MR) is 57.9 cm³/mol. The van der Waals surface area contributed by atoms with Gasteiger partial charge in [-0.15, -0.1) is 0 Å². The smallest absolute Gasteiger partial charge is 0.406 e. The summed E-state index contributed by atoms with van der Waals surface area (Å²) >= 11 is 0. The molecule has 1 fully saturated rings. The molecule has 0 saturated carbocycles. The van der Waals surface area contributed by atoms with Crippen LogP contribution in [0.1, 0.15) is 48.0 Å². The molecule has 3 heteroatoms. The first-order valence-corrected chi connectivity index (χ1v) is 5.16. The van der Waals surface area contributed by atoms with Crippen molar-refractivity contribution < 1.29 is 9.31 Å². The van der Waals surface area contributed by atoms with Crippen LogP contribution in [0.3, 0.4) is 0 Å². The average Bonchev–Trinajstić information content (AvgIpc) is 1.82. The summed E-state index contributed by atoms with van der Waals surface area (Å²) in [5.74, 6) is 0. The minimum absolute atomic E-state index is 0.0405. The van der Waals surface area contributed by atoms with Gasteiger partial charge in [0.2, 0.25) is 0 Å². The Morgan fingerprint density at radius 1 is 0.923 bits per heavy atom. The highest BCUT2D eigenvalue weighted by Crippen LogP contribution is 2.32. The van der Waals surface area contributed by atoms with Crippen LogP contribution in [0.25, 0.3) is 0 Å². The fourth-order valence-electron chi connectivity index (χ4n) is 2.03. The first-order valence-electron chi connectivity index (χ1n) is 5.16. The van der Waals surface area contributed by atoms with Gasteiger partial charge in [0.05, 0.1) is 11.2 Å². The van der Waals surface area contributed by atoms with Crippen molar-refractivity contribution in [3.05, 3.63) is 0 Å². The standard InChI is InChI=1S/C8H17BO2.C2H6/c1-7(2)6-8(3,4)11-9(5)10-7;1-2/h6H2,1-5H3;1-2H3. The normalized spacial score (nSPS) is 24.7. The van der Waals surface area contributed by atoms with Crippen molar-refractivity contribution in [2.45, 2.75) is 66.0 Å². The molecular formula is C10H23BO2. The summed E-state index contributed by atoms with van der Waals surface area (Å²) in [7, 11) is -0.0752. The monoisotopic (exact) mass is 186 g/mol. The third-order valence-corrected chi connectivity index (χ3v) is 1.82. The van der Waals surface area contributed by atoms with Gasteiger partial charge in [-0.05, 0) is 34.5 Å². The molecule has 0 unspecified atom stereocenters. The lowest BCUT2D eigenvalue weighted by atomic mass is 9.81. The Hall–Kier alpha value is -0.0151. The maximum Gasteiger partial charge on any atom is 0.454 e. The fraction of sp³-hybridized carbons (Fsp3) is 1.00. The second-order valence-electron chi connectivity index (χ2n) is 4.50. The van der Waals surface area contributed by atoms with Crippen molar-refractivity contribution in [2.75, 3.05) is 0 Å². The quantitative estimate of drug-likeness (QED) is 0.541. The molecular weight excluding hydrogens is 163 g/mol. The molecule has 0 bridgehead atoms. The van der Waals surface area contributed by atoms with E-state index < -0.39 is 0 Å². The van der Waals surface area contributed by atoms with E-state index in [2.05, 4.69) is 27.7 Å². The average molecular weight is 186 g/mol. The molecule has 0 atom stereocenters. The molecule has 0 aromatic heterocycles. The molecule has 1 aliphatic heterocycles. The molecule has 0 radical (unpaired) electrons. The molecule has 1 rings (SSSR count). The van der Waals surface area contributed by atoms with Crippen molar-refractivity contribution in [3.8, 4) is 0 Å². The summed E-state index contributed by atoms with van der Waals surface area (Å²) in [5.41, 5.74) is -0.0810. The molecule has 0 N–H and O–H groups in total. The summed E-state index contributed by atoms with van der Waals surface area (Å²) in [5, 5.41) is 0. The van der Waals surface area contributed by atoms with E-state index in [1.165, 1.54) is 0 Å². The molecule has 78 valence electrons. The largest absolute Gasteiger partial charge is 0.454 e. The van der Waals surface area contributed by atoms with E-state index in [0.29, 0.717) is 0 Å². The summed E-state index contributed by atoms with van der Waals surface area (Å²) in [4.78, 5) is 0. The summed E-state index contributed by atoms with van der Waals surface area (Å²) in [6, 6.07) is 0. The van der Waals surface area contributed by atoms with E-state index >= 15 is 0 Å². The molecule has 0 amide bonds. The second-order valence-corrected chi connectivity index (χ2v) is 4.50. The van der Waals surface area contributed by atoms with Gasteiger partial charge in [-0.25, -0.2) is 0 Å². The molecule has 1 aliphatic rings. The van der Waals surface area contributed by atoms with Gasteiger partial charge < -0.3 is 9.31 Å². The SMILES string of the molecule is CB1OC(C)(C)CC(C)(C)O1.CC. The van der Waals surface area contributed by atoms with Gasteiger partial charge in [-0.3, -0.25) is 0 Å². The topological polar surface area (TPSA) is 18.5 Å². The van der Waals surface area contributed by atoms with E-state index in [9.17, 15) is 0 Å². The van der Waals surface area contributed by atoms with Gasteiger partial charge in [-0.1, -0.05) is 13.8 Å². The van der Waals surface area contributed by atoms with Crippen molar-refractivity contribution >= 4 is 7.12 Å². The molecule has 0 spiro atoms. The first kappa shape index (κ1) is 13.0. The lowest BCUT2D eigenvalue weighted by molar-refractivity contribution is -0.0744. The molecule has 13 heavy (non-hydrogen) atoms. The predicted octanol–water partition coefficient (Wildman–Crippen LogP) is 3.12. The van der Waals surface area contributed by atoms with Crippen molar-refractivity contribution in [2.24, 2.45) is 0 Å². The van der Waals surface area contributed by atoms with Crippen molar-refractivity contribution in [1.29, 1.82) is 0 Å². The van der Waals surface area contributed by atoms with E-state index in [1.807, 2.05) is 20.7 Å². The zero-order chi connectivity index (χ0) is 10.7. The van der Waals surface area contributed by atoms with Crippen LogP contribution >= 0.6 is 0 Å². The van der Waals surface area contributed by atoms with E-state index in [0.717, 1.165) is 6.42 Å². The minimum atomic E-state index is -0.0752. The molecule has 0 aromatic rings. The number of hydrogen-bond acceptors (Lipinski definition) is 2. The maximum absolute atomic E-state index is 5.59. The molecule has 0 aromatic carbocycles. The Morgan fingerprint density at radius 2 is 1.23 bits per heavy atom. The number of rotatable bonds is 0. The van der Waals surface area contributed by atoms with Gasteiger partial charge in [0.25, 0.3) is 0 Å². The molecule has 2 nitrogen and oxygen atoms in total.